The summed E-state index contributed by atoms with van der Waals surface area (Å²) >= 11 is 0. The summed E-state index contributed by atoms with van der Waals surface area (Å²) in [6.07, 6.45) is 0.600. The highest BCUT2D eigenvalue weighted by molar-refractivity contribution is 4.71. The lowest BCUT2D eigenvalue weighted by Crippen LogP contribution is -2.42. The topological polar surface area (TPSA) is 44.3 Å². The van der Waals surface area contributed by atoms with Crippen LogP contribution in [-0.2, 0) is 0 Å². The lowest BCUT2D eigenvalue weighted by atomic mass is 10.1. The molecule has 0 aliphatic heterocycles. The zero-order chi connectivity index (χ0) is 11.2. The summed E-state index contributed by atoms with van der Waals surface area (Å²) in [7, 11) is 0. The molecule has 0 aliphatic carbocycles. The Labute approximate surface area is 88.3 Å². The molecule has 0 saturated heterocycles. The number of aliphatic hydroxyl groups is 1. The van der Waals surface area contributed by atoms with Crippen molar-refractivity contribution >= 4 is 0 Å². The largest absolute Gasteiger partial charge is 0.393 e. The molecule has 0 saturated carbocycles. The van der Waals surface area contributed by atoms with Crippen LogP contribution in [0.3, 0.4) is 0 Å². The maximum atomic E-state index is 9.15. The second-order valence-electron chi connectivity index (χ2n) is 5.12. The Kier molecular flexibility index (Phi) is 6.33. The molecular formula is C11H26N2O. The Morgan fingerprint density at radius 1 is 1.14 bits per heavy atom. The van der Waals surface area contributed by atoms with Gasteiger partial charge in [0.1, 0.15) is 0 Å². The molecule has 0 bridgehead atoms. The molecule has 0 aliphatic rings. The first-order valence-corrected chi connectivity index (χ1v) is 5.48. The molecule has 0 radical (unpaired) electrons. The lowest BCUT2D eigenvalue weighted by Gasteiger charge is -2.22. The Morgan fingerprint density at radius 2 is 1.71 bits per heavy atom. The summed E-state index contributed by atoms with van der Waals surface area (Å²) in [6, 6.07) is 0.386. The van der Waals surface area contributed by atoms with Crippen LogP contribution in [0.15, 0.2) is 0 Å². The third-order valence-electron chi connectivity index (χ3n) is 1.97. The van der Waals surface area contributed by atoms with E-state index in [0.29, 0.717) is 6.04 Å². The smallest absolute Gasteiger partial charge is 0.0526 e. The van der Waals surface area contributed by atoms with E-state index < -0.39 is 0 Å². The number of rotatable bonds is 6. The van der Waals surface area contributed by atoms with Crippen LogP contribution in [-0.4, -0.2) is 35.9 Å². The Balaban J connectivity index is 3.36. The highest BCUT2D eigenvalue weighted by atomic mass is 16.3. The second kappa shape index (κ2) is 6.38. The van der Waals surface area contributed by atoms with E-state index in [2.05, 4.69) is 38.3 Å². The summed E-state index contributed by atoms with van der Waals surface area (Å²) in [4.78, 5) is 0. The summed E-state index contributed by atoms with van der Waals surface area (Å²) in [5.41, 5.74) is 0.190. The average molecular weight is 202 g/mol. The molecule has 0 fully saturated rings. The average Bonchev–Trinajstić information content (AvgIpc) is 1.95. The van der Waals surface area contributed by atoms with Gasteiger partial charge in [-0.05, 0) is 41.0 Å². The fraction of sp³-hybridized carbons (Fsp3) is 1.00. The molecule has 0 aromatic carbocycles. The SMILES string of the molecule is CC(O)CC(C)NCCNC(C)(C)C. The van der Waals surface area contributed by atoms with Gasteiger partial charge in [0.05, 0.1) is 6.10 Å². The molecular weight excluding hydrogens is 176 g/mol. The van der Waals surface area contributed by atoms with Crippen LogP contribution in [0.2, 0.25) is 0 Å². The van der Waals surface area contributed by atoms with Crippen molar-refractivity contribution in [1.82, 2.24) is 10.6 Å². The third kappa shape index (κ3) is 9.96. The highest BCUT2D eigenvalue weighted by Crippen LogP contribution is 1.97. The minimum Gasteiger partial charge on any atom is -0.393 e. The van der Waals surface area contributed by atoms with E-state index in [9.17, 15) is 0 Å². The standard InChI is InChI=1S/C11H26N2O/c1-9(8-10(2)14)12-6-7-13-11(3,4)5/h9-10,12-14H,6-8H2,1-5H3. The van der Waals surface area contributed by atoms with Crippen LogP contribution in [0, 0.1) is 0 Å². The fourth-order valence-corrected chi connectivity index (χ4v) is 1.35. The van der Waals surface area contributed by atoms with Gasteiger partial charge < -0.3 is 15.7 Å². The van der Waals surface area contributed by atoms with Crippen LogP contribution in [0.1, 0.15) is 41.0 Å². The minimum absolute atomic E-state index is 0.190. The monoisotopic (exact) mass is 202 g/mol. The van der Waals surface area contributed by atoms with E-state index in [1.54, 1.807) is 0 Å². The van der Waals surface area contributed by atoms with E-state index >= 15 is 0 Å². The van der Waals surface area contributed by atoms with Gasteiger partial charge in [-0.1, -0.05) is 0 Å². The fourth-order valence-electron chi connectivity index (χ4n) is 1.35. The molecule has 2 unspecified atom stereocenters. The van der Waals surface area contributed by atoms with Gasteiger partial charge in [0, 0.05) is 24.7 Å². The maximum absolute atomic E-state index is 9.15. The van der Waals surface area contributed by atoms with Gasteiger partial charge in [0.25, 0.3) is 0 Å². The molecule has 3 N–H and O–H groups in total. The first-order valence-electron chi connectivity index (χ1n) is 5.48. The maximum Gasteiger partial charge on any atom is 0.0526 e. The van der Waals surface area contributed by atoms with Gasteiger partial charge in [-0.25, -0.2) is 0 Å². The van der Waals surface area contributed by atoms with E-state index in [0.717, 1.165) is 19.5 Å². The minimum atomic E-state index is -0.215. The summed E-state index contributed by atoms with van der Waals surface area (Å²) < 4.78 is 0. The van der Waals surface area contributed by atoms with Crippen molar-refractivity contribution in [3.05, 3.63) is 0 Å². The van der Waals surface area contributed by atoms with Gasteiger partial charge >= 0.3 is 0 Å². The normalized spacial score (nSPS) is 16.7. The molecule has 0 aromatic rings. The highest BCUT2D eigenvalue weighted by Gasteiger charge is 2.08. The zero-order valence-electron chi connectivity index (χ0n) is 10.2. The Morgan fingerprint density at radius 3 is 2.14 bits per heavy atom. The summed E-state index contributed by atoms with van der Waals surface area (Å²) in [6.45, 7) is 12.3. The zero-order valence-corrected chi connectivity index (χ0v) is 10.2. The van der Waals surface area contributed by atoms with Crippen LogP contribution in [0.4, 0.5) is 0 Å². The molecule has 2 atom stereocenters. The van der Waals surface area contributed by atoms with Crippen molar-refractivity contribution in [2.45, 2.75) is 58.7 Å². The lowest BCUT2D eigenvalue weighted by molar-refractivity contribution is 0.170. The number of hydrogen-bond acceptors (Lipinski definition) is 3. The molecule has 86 valence electrons. The van der Waals surface area contributed by atoms with E-state index in [1.165, 1.54) is 0 Å². The quantitative estimate of drug-likeness (QED) is 0.566. The van der Waals surface area contributed by atoms with Gasteiger partial charge in [0.15, 0.2) is 0 Å². The van der Waals surface area contributed by atoms with Crippen molar-refractivity contribution in [2.75, 3.05) is 13.1 Å². The molecule has 0 aromatic heterocycles. The van der Waals surface area contributed by atoms with Gasteiger partial charge in [-0.15, -0.1) is 0 Å². The molecule has 0 spiro atoms. The molecule has 3 nitrogen and oxygen atoms in total. The molecule has 14 heavy (non-hydrogen) atoms. The van der Waals surface area contributed by atoms with E-state index in [-0.39, 0.29) is 11.6 Å². The van der Waals surface area contributed by atoms with Gasteiger partial charge in [-0.2, -0.15) is 0 Å². The first kappa shape index (κ1) is 13.9. The second-order valence-corrected chi connectivity index (χ2v) is 5.12. The van der Waals surface area contributed by atoms with Crippen molar-refractivity contribution in [3.8, 4) is 0 Å². The number of hydrogen-bond donors (Lipinski definition) is 3. The van der Waals surface area contributed by atoms with Crippen LogP contribution in [0.25, 0.3) is 0 Å². The predicted octanol–water partition coefficient (Wildman–Crippen LogP) is 1.12. The predicted molar refractivity (Wildman–Crippen MR) is 61.5 cm³/mol. The van der Waals surface area contributed by atoms with E-state index in [1.807, 2.05) is 6.92 Å². The molecule has 0 heterocycles. The van der Waals surface area contributed by atoms with E-state index in [4.69, 9.17) is 5.11 Å². The Bertz CT molecular complexity index is 141. The Hall–Kier alpha value is -0.120. The van der Waals surface area contributed by atoms with Crippen molar-refractivity contribution in [3.63, 3.8) is 0 Å². The van der Waals surface area contributed by atoms with Gasteiger partial charge in [0.2, 0.25) is 0 Å². The van der Waals surface area contributed by atoms with Crippen LogP contribution in [0.5, 0.6) is 0 Å². The van der Waals surface area contributed by atoms with Crippen molar-refractivity contribution in [2.24, 2.45) is 0 Å². The van der Waals surface area contributed by atoms with Crippen LogP contribution < -0.4 is 10.6 Å². The number of nitrogens with one attached hydrogen (secondary N) is 2. The molecule has 0 rings (SSSR count). The first-order chi connectivity index (χ1) is 6.31. The number of aliphatic hydroxyl groups excluding tert-OH is 1. The summed E-state index contributed by atoms with van der Waals surface area (Å²) in [5, 5.41) is 15.9. The molecule has 3 heteroatoms. The summed E-state index contributed by atoms with van der Waals surface area (Å²) in [5.74, 6) is 0. The third-order valence-corrected chi connectivity index (χ3v) is 1.97. The van der Waals surface area contributed by atoms with Crippen LogP contribution >= 0.6 is 0 Å². The van der Waals surface area contributed by atoms with Crippen molar-refractivity contribution in [1.29, 1.82) is 0 Å². The van der Waals surface area contributed by atoms with Crippen molar-refractivity contribution < 1.29 is 5.11 Å². The van der Waals surface area contributed by atoms with Gasteiger partial charge in [-0.3, -0.25) is 0 Å². The molecule has 0 amide bonds.